The van der Waals surface area contributed by atoms with E-state index in [0.717, 1.165) is 12.1 Å². The van der Waals surface area contributed by atoms with Crippen molar-refractivity contribution in [1.82, 2.24) is 9.78 Å². The molecule has 0 bridgehead atoms. The summed E-state index contributed by atoms with van der Waals surface area (Å²) in [6.07, 6.45) is 1.99. The number of aliphatic hydroxyl groups is 1. The van der Waals surface area contributed by atoms with Crippen molar-refractivity contribution < 1.29 is 13.9 Å². The minimum atomic E-state index is -1.14. The molecule has 0 fully saturated rings. The molecular formula is C13H14F2N2O. The van der Waals surface area contributed by atoms with E-state index in [-0.39, 0.29) is 11.6 Å². The first-order chi connectivity index (χ1) is 8.49. The number of aromatic nitrogens is 2. The topological polar surface area (TPSA) is 38.0 Å². The van der Waals surface area contributed by atoms with Gasteiger partial charge < -0.3 is 5.11 Å². The third kappa shape index (κ3) is 2.41. The molecule has 1 atom stereocenters. The summed E-state index contributed by atoms with van der Waals surface area (Å²) < 4.78 is 28.0. The van der Waals surface area contributed by atoms with Crippen LogP contribution in [0.2, 0.25) is 0 Å². The Bertz CT molecular complexity index is 552. The maximum atomic E-state index is 13.5. The fourth-order valence-electron chi connectivity index (χ4n) is 1.68. The molecule has 1 aromatic heterocycles. The number of halogens is 2. The molecular weight excluding hydrogens is 238 g/mol. The molecule has 5 heteroatoms. The molecule has 3 nitrogen and oxygen atoms in total. The van der Waals surface area contributed by atoms with Crippen LogP contribution in [-0.4, -0.2) is 14.9 Å². The van der Waals surface area contributed by atoms with Gasteiger partial charge in [-0.1, -0.05) is 6.07 Å². The van der Waals surface area contributed by atoms with E-state index >= 15 is 0 Å². The Morgan fingerprint density at radius 3 is 2.56 bits per heavy atom. The van der Waals surface area contributed by atoms with Crippen LogP contribution in [0.3, 0.4) is 0 Å². The second kappa shape index (κ2) is 4.86. The zero-order chi connectivity index (χ0) is 13.3. The molecule has 1 unspecified atom stereocenters. The van der Waals surface area contributed by atoms with E-state index in [1.54, 1.807) is 10.9 Å². The van der Waals surface area contributed by atoms with Gasteiger partial charge in [-0.3, -0.25) is 4.68 Å². The van der Waals surface area contributed by atoms with Crippen molar-refractivity contribution in [2.75, 3.05) is 0 Å². The smallest absolute Gasteiger partial charge is 0.132 e. The molecule has 0 saturated heterocycles. The van der Waals surface area contributed by atoms with Crippen LogP contribution in [0.1, 0.15) is 37.1 Å². The van der Waals surface area contributed by atoms with E-state index < -0.39 is 17.7 Å². The van der Waals surface area contributed by atoms with Crippen molar-refractivity contribution in [3.63, 3.8) is 0 Å². The highest BCUT2D eigenvalue weighted by Gasteiger charge is 2.17. The number of rotatable bonds is 3. The second-order valence-corrected chi connectivity index (χ2v) is 4.42. The van der Waals surface area contributed by atoms with Crippen LogP contribution in [0.5, 0.6) is 0 Å². The van der Waals surface area contributed by atoms with Gasteiger partial charge in [0, 0.05) is 29.4 Å². The van der Waals surface area contributed by atoms with Gasteiger partial charge in [0.25, 0.3) is 0 Å². The van der Waals surface area contributed by atoms with Crippen molar-refractivity contribution in [2.24, 2.45) is 0 Å². The lowest BCUT2D eigenvalue weighted by atomic mass is 10.0. The quantitative estimate of drug-likeness (QED) is 0.912. The van der Waals surface area contributed by atoms with Crippen molar-refractivity contribution >= 4 is 0 Å². The van der Waals surface area contributed by atoms with Crippen LogP contribution in [0.25, 0.3) is 0 Å². The predicted molar refractivity (Wildman–Crippen MR) is 63.0 cm³/mol. The van der Waals surface area contributed by atoms with Crippen molar-refractivity contribution in [2.45, 2.75) is 26.0 Å². The van der Waals surface area contributed by atoms with E-state index in [2.05, 4.69) is 5.10 Å². The normalized spacial score (nSPS) is 13.0. The maximum Gasteiger partial charge on any atom is 0.132 e. The summed E-state index contributed by atoms with van der Waals surface area (Å²) >= 11 is 0. The van der Waals surface area contributed by atoms with Crippen LogP contribution in [0.15, 0.2) is 30.6 Å². The zero-order valence-corrected chi connectivity index (χ0v) is 10.1. The summed E-state index contributed by atoms with van der Waals surface area (Å²) in [5, 5.41) is 14.1. The monoisotopic (exact) mass is 252 g/mol. The highest BCUT2D eigenvalue weighted by molar-refractivity contribution is 5.28. The zero-order valence-electron chi connectivity index (χ0n) is 10.1. The molecule has 0 aliphatic rings. The number of hydrogen-bond acceptors (Lipinski definition) is 2. The summed E-state index contributed by atoms with van der Waals surface area (Å²) in [6.45, 7) is 3.89. The summed E-state index contributed by atoms with van der Waals surface area (Å²) in [4.78, 5) is 0. The van der Waals surface area contributed by atoms with Gasteiger partial charge in [0.1, 0.15) is 17.7 Å². The average molecular weight is 252 g/mol. The molecule has 0 saturated carbocycles. The lowest BCUT2D eigenvalue weighted by molar-refractivity contribution is 0.214. The molecule has 1 N–H and O–H groups in total. The first kappa shape index (κ1) is 12.7. The third-order valence-corrected chi connectivity index (χ3v) is 2.72. The fourth-order valence-corrected chi connectivity index (χ4v) is 1.68. The van der Waals surface area contributed by atoms with Gasteiger partial charge in [-0.25, -0.2) is 8.78 Å². The van der Waals surface area contributed by atoms with Crippen LogP contribution >= 0.6 is 0 Å². The van der Waals surface area contributed by atoms with Crippen LogP contribution in [-0.2, 0) is 0 Å². The Morgan fingerprint density at radius 2 is 2.00 bits per heavy atom. The molecule has 96 valence electrons. The van der Waals surface area contributed by atoms with Gasteiger partial charge in [-0.2, -0.15) is 5.10 Å². The van der Waals surface area contributed by atoms with Crippen molar-refractivity contribution in [3.8, 4) is 0 Å². The molecule has 0 spiro atoms. The van der Waals surface area contributed by atoms with Crippen molar-refractivity contribution in [1.29, 1.82) is 0 Å². The molecule has 18 heavy (non-hydrogen) atoms. The largest absolute Gasteiger partial charge is 0.383 e. The minimum absolute atomic E-state index is 0.0414. The van der Waals surface area contributed by atoms with Gasteiger partial charge in [-0.05, 0) is 19.9 Å². The number of hydrogen-bond donors (Lipinski definition) is 1. The van der Waals surface area contributed by atoms with E-state index in [1.165, 1.54) is 12.3 Å². The molecule has 2 rings (SSSR count). The lowest BCUT2D eigenvalue weighted by Crippen LogP contribution is -2.03. The SMILES string of the molecule is CC(C)n1cc(C(O)c2ccc(F)cc2F)cn1. The lowest BCUT2D eigenvalue weighted by Gasteiger charge is -2.10. The summed E-state index contributed by atoms with van der Waals surface area (Å²) in [5.74, 6) is -1.43. The Balaban J connectivity index is 2.32. The molecule has 2 aromatic rings. The standard InChI is InChI=1S/C13H14F2N2O/c1-8(2)17-7-9(6-16-17)13(18)11-4-3-10(14)5-12(11)15/h3-8,13,18H,1-2H3. The molecule has 0 aliphatic heterocycles. The van der Waals surface area contributed by atoms with E-state index in [0.29, 0.717) is 5.56 Å². The highest BCUT2D eigenvalue weighted by Crippen LogP contribution is 2.25. The molecule has 1 aromatic carbocycles. The summed E-state index contributed by atoms with van der Waals surface area (Å²) in [5.41, 5.74) is 0.522. The number of aliphatic hydroxyl groups excluding tert-OH is 1. The van der Waals surface area contributed by atoms with Crippen molar-refractivity contribution in [3.05, 3.63) is 53.4 Å². The van der Waals surface area contributed by atoms with E-state index in [1.807, 2.05) is 13.8 Å². The average Bonchev–Trinajstić information content (AvgIpc) is 2.77. The second-order valence-electron chi connectivity index (χ2n) is 4.42. The number of benzene rings is 1. The molecule has 0 radical (unpaired) electrons. The maximum absolute atomic E-state index is 13.5. The van der Waals surface area contributed by atoms with Gasteiger partial charge >= 0.3 is 0 Å². The summed E-state index contributed by atoms with van der Waals surface area (Å²) in [6, 6.07) is 3.27. The van der Waals surface area contributed by atoms with Crippen LogP contribution in [0.4, 0.5) is 8.78 Å². The Kier molecular flexibility index (Phi) is 3.43. The first-order valence-corrected chi connectivity index (χ1v) is 5.66. The van der Waals surface area contributed by atoms with Gasteiger partial charge in [-0.15, -0.1) is 0 Å². The Labute approximate surface area is 104 Å². The minimum Gasteiger partial charge on any atom is -0.383 e. The first-order valence-electron chi connectivity index (χ1n) is 5.66. The number of nitrogens with zero attached hydrogens (tertiary/aromatic N) is 2. The molecule has 0 amide bonds. The van der Waals surface area contributed by atoms with E-state index in [9.17, 15) is 13.9 Å². The van der Waals surface area contributed by atoms with Crippen LogP contribution in [0, 0.1) is 11.6 Å². The van der Waals surface area contributed by atoms with Crippen LogP contribution < -0.4 is 0 Å². The molecule has 0 aliphatic carbocycles. The van der Waals surface area contributed by atoms with Gasteiger partial charge in [0.05, 0.1) is 6.20 Å². The predicted octanol–water partition coefficient (Wildman–Crippen LogP) is 2.82. The summed E-state index contributed by atoms with van der Waals surface area (Å²) in [7, 11) is 0. The van der Waals surface area contributed by atoms with Gasteiger partial charge in [0.2, 0.25) is 0 Å². The fraction of sp³-hybridized carbons (Fsp3) is 0.308. The Morgan fingerprint density at radius 1 is 1.28 bits per heavy atom. The molecule has 1 heterocycles. The highest BCUT2D eigenvalue weighted by atomic mass is 19.1. The Hall–Kier alpha value is -1.75. The van der Waals surface area contributed by atoms with E-state index in [4.69, 9.17) is 0 Å². The third-order valence-electron chi connectivity index (χ3n) is 2.72. The van der Waals surface area contributed by atoms with Gasteiger partial charge in [0.15, 0.2) is 0 Å².